The van der Waals surface area contributed by atoms with Gasteiger partial charge < -0.3 is 14.5 Å². The van der Waals surface area contributed by atoms with Crippen molar-refractivity contribution in [2.75, 3.05) is 7.11 Å². The van der Waals surface area contributed by atoms with Gasteiger partial charge in [-0.3, -0.25) is 0 Å². The number of nitrogens with one attached hydrogen (secondary N) is 1. The summed E-state index contributed by atoms with van der Waals surface area (Å²) < 4.78 is 10.7. The Kier molecular flexibility index (Phi) is 4.42. The summed E-state index contributed by atoms with van der Waals surface area (Å²) in [6, 6.07) is 12.3. The minimum absolute atomic E-state index is 0.270. The standard InChI is InChI=1S/C15H19NO2/c1-3-14(16-11-12-7-6-10-18-12)13-8-4-5-9-15(13)17-2/h4-10,14,16H,3,11H2,1-2H3. The van der Waals surface area contributed by atoms with E-state index in [1.165, 1.54) is 5.56 Å². The second kappa shape index (κ2) is 6.26. The van der Waals surface area contributed by atoms with Gasteiger partial charge in [0.05, 0.1) is 19.9 Å². The zero-order chi connectivity index (χ0) is 12.8. The van der Waals surface area contributed by atoms with Crippen LogP contribution in [0.4, 0.5) is 0 Å². The topological polar surface area (TPSA) is 34.4 Å². The molecular formula is C15H19NO2. The highest BCUT2D eigenvalue weighted by Crippen LogP contribution is 2.27. The normalized spacial score (nSPS) is 12.3. The molecule has 0 radical (unpaired) electrons. The predicted molar refractivity (Wildman–Crippen MR) is 71.6 cm³/mol. The fraction of sp³-hybridized carbons (Fsp3) is 0.333. The molecule has 96 valence electrons. The fourth-order valence-corrected chi connectivity index (χ4v) is 2.07. The molecule has 3 nitrogen and oxygen atoms in total. The highest BCUT2D eigenvalue weighted by Gasteiger charge is 2.13. The Bertz CT molecular complexity index is 465. The van der Waals surface area contributed by atoms with Gasteiger partial charge in [0.25, 0.3) is 0 Å². The maximum absolute atomic E-state index is 5.40. The van der Waals surface area contributed by atoms with Crippen molar-refractivity contribution in [2.45, 2.75) is 25.9 Å². The first-order valence-electron chi connectivity index (χ1n) is 6.23. The summed E-state index contributed by atoms with van der Waals surface area (Å²) in [6.45, 7) is 2.88. The molecule has 0 aliphatic heterocycles. The van der Waals surface area contributed by atoms with Gasteiger partial charge >= 0.3 is 0 Å². The molecule has 1 aromatic heterocycles. The molecule has 0 aliphatic carbocycles. The van der Waals surface area contributed by atoms with Crippen molar-refractivity contribution in [1.29, 1.82) is 0 Å². The van der Waals surface area contributed by atoms with E-state index in [4.69, 9.17) is 9.15 Å². The molecule has 1 aromatic carbocycles. The van der Waals surface area contributed by atoms with Crippen LogP contribution in [-0.4, -0.2) is 7.11 Å². The van der Waals surface area contributed by atoms with E-state index in [9.17, 15) is 0 Å². The number of ether oxygens (including phenoxy) is 1. The van der Waals surface area contributed by atoms with Crippen molar-refractivity contribution in [3.63, 3.8) is 0 Å². The molecule has 0 amide bonds. The monoisotopic (exact) mass is 245 g/mol. The number of benzene rings is 1. The van der Waals surface area contributed by atoms with Gasteiger partial charge in [-0.25, -0.2) is 0 Å². The summed E-state index contributed by atoms with van der Waals surface area (Å²) in [5.74, 6) is 1.87. The third-order valence-corrected chi connectivity index (χ3v) is 3.03. The number of furan rings is 1. The van der Waals surface area contributed by atoms with E-state index in [1.54, 1.807) is 13.4 Å². The molecule has 0 saturated heterocycles. The first-order chi connectivity index (χ1) is 8.85. The first-order valence-corrected chi connectivity index (χ1v) is 6.23. The molecule has 2 aromatic rings. The van der Waals surface area contributed by atoms with Gasteiger partial charge in [-0.2, -0.15) is 0 Å². The molecular weight excluding hydrogens is 226 g/mol. The zero-order valence-electron chi connectivity index (χ0n) is 10.8. The Balaban J connectivity index is 2.08. The van der Waals surface area contributed by atoms with Gasteiger partial charge in [-0.05, 0) is 24.6 Å². The maximum Gasteiger partial charge on any atom is 0.123 e. The van der Waals surface area contributed by atoms with Gasteiger partial charge in [-0.15, -0.1) is 0 Å². The summed E-state index contributed by atoms with van der Waals surface area (Å²) in [7, 11) is 1.71. The third kappa shape index (κ3) is 2.93. The van der Waals surface area contributed by atoms with Crippen molar-refractivity contribution in [3.8, 4) is 5.75 Å². The maximum atomic E-state index is 5.40. The third-order valence-electron chi connectivity index (χ3n) is 3.03. The van der Waals surface area contributed by atoms with E-state index >= 15 is 0 Å². The van der Waals surface area contributed by atoms with Crippen LogP contribution in [0.5, 0.6) is 5.75 Å². The van der Waals surface area contributed by atoms with Gasteiger partial charge in [0, 0.05) is 11.6 Å². The van der Waals surface area contributed by atoms with Crippen LogP contribution < -0.4 is 10.1 Å². The zero-order valence-corrected chi connectivity index (χ0v) is 10.8. The van der Waals surface area contributed by atoms with Gasteiger partial charge in [-0.1, -0.05) is 25.1 Å². The fourth-order valence-electron chi connectivity index (χ4n) is 2.07. The number of hydrogen-bond acceptors (Lipinski definition) is 3. The Labute approximate surface area is 108 Å². The van der Waals surface area contributed by atoms with Crippen molar-refractivity contribution in [2.24, 2.45) is 0 Å². The molecule has 1 atom stereocenters. The van der Waals surface area contributed by atoms with Gasteiger partial charge in [0.15, 0.2) is 0 Å². The lowest BCUT2D eigenvalue weighted by Crippen LogP contribution is -2.20. The van der Waals surface area contributed by atoms with Crippen LogP contribution in [-0.2, 0) is 6.54 Å². The van der Waals surface area contributed by atoms with Crippen LogP contribution in [0.25, 0.3) is 0 Å². The second-order valence-corrected chi connectivity index (χ2v) is 4.16. The highest BCUT2D eigenvalue weighted by molar-refractivity contribution is 5.35. The van der Waals surface area contributed by atoms with E-state index in [0.29, 0.717) is 0 Å². The van der Waals surface area contributed by atoms with E-state index in [1.807, 2.05) is 30.3 Å². The van der Waals surface area contributed by atoms with E-state index < -0.39 is 0 Å². The van der Waals surface area contributed by atoms with Crippen LogP contribution in [0.3, 0.4) is 0 Å². The highest BCUT2D eigenvalue weighted by atomic mass is 16.5. The average molecular weight is 245 g/mol. The quantitative estimate of drug-likeness (QED) is 0.845. The first kappa shape index (κ1) is 12.7. The van der Waals surface area contributed by atoms with Crippen molar-refractivity contribution >= 4 is 0 Å². The summed E-state index contributed by atoms with van der Waals surface area (Å²) in [4.78, 5) is 0. The molecule has 3 heteroatoms. The Morgan fingerprint density at radius 2 is 2.06 bits per heavy atom. The van der Waals surface area contributed by atoms with Crippen molar-refractivity contribution in [3.05, 3.63) is 54.0 Å². The smallest absolute Gasteiger partial charge is 0.123 e. The lowest BCUT2D eigenvalue weighted by atomic mass is 10.0. The summed E-state index contributed by atoms with van der Waals surface area (Å²) in [5, 5.41) is 3.49. The average Bonchev–Trinajstić information content (AvgIpc) is 2.93. The van der Waals surface area contributed by atoms with E-state index in [2.05, 4.69) is 18.3 Å². The molecule has 0 aliphatic rings. The Hall–Kier alpha value is -1.74. The molecule has 1 heterocycles. The van der Waals surface area contributed by atoms with Gasteiger partial charge in [0.2, 0.25) is 0 Å². The number of methoxy groups -OCH3 is 1. The summed E-state index contributed by atoms with van der Waals surface area (Å²) in [5.41, 5.74) is 1.19. The molecule has 0 spiro atoms. The van der Waals surface area contributed by atoms with E-state index in [-0.39, 0.29) is 6.04 Å². The minimum atomic E-state index is 0.270. The summed E-state index contributed by atoms with van der Waals surface area (Å²) in [6.07, 6.45) is 2.70. The molecule has 0 bridgehead atoms. The largest absolute Gasteiger partial charge is 0.496 e. The SMILES string of the molecule is CCC(NCc1ccco1)c1ccccc1OC. The molecule has 1 unspecified atom stereocenters. The van der Waals surface area contributed by atoms with Crippen LogP contribution in [0.15, 0.2) is 47.1 Å². The Morgan fingerprint density at radius 1 is 1.22 bits per heavy atom. The van der Waals surface area contributed by atoms with Crippen LogP contribution in [0.2, 0.25) is 0 Å². The molecule has 1 N–H and O–H groups in total. The van der Waals surface area contributed by atoms with E-state index in [0.717, 1.165) is 24.5 Å². The van der Waals surface area contributed by atoms with Gasteiger partial charge in [0.1, 0.15) is 11.5 Å². The number of rotatable bonds is 6. The van der Waals surface area contributed by atoms with Crippen molar-refractivity contribution < 1.29 is 9.15 Å². The van der Waals surface area contributed by atoms with Crippen LogP contribution >= 0.6 is 0 Å². The number of hydrogen-bond donors (Lipinski definition) is 1. The van der Waals surface area contributed by atoms with Crippen LogP contribution in [0, 0.1) is 0 Å². The number of para-hydroxylation sites is 1. The van der Waals surface area contributed by atoms with Crippen molar-refractivity contribution in [1.82, 2.24) is 5.32 Å². The lowest BCUT2D eigenvalue weighted by Gasteiger charge is -2.19. The van der Waals surface area contributed by atoms with Crippen LogP contribution in [0.1, 0.15) is 30.7 Å². The molecule has 0 saturated carbocycles. The minimum Gasteiger partial charge on any atom is -0.496 e. The molecule has 2 rings (SSSR count). The molecule has 18 heavy (non-hydrogen) atoms. The second-order valence-electron chi connectivity index (χ2n) is 4.16. The Morgan fingerprint density at radius 3 is 2.72 bits per heavy atom. The molecule has 0 fully saturated rings. The lowest BCUT2D eigenvalue weighted by molar-refractivity contribution is 0.390. The summed E-state index contributed by atoms with van der Waals surface area (Å²) >= 11 is 0. The predicted octanol–water partition coefficient (Wildman–Crippen LogP) is 3.53.